The van der Waals surface area contributed by atoms with Gasteiger partial charge in [0.15, 0.2) is 0 Å². The van der Waals surface area contributed by atoms with Gasteiger partial charge in [-0.3, -0.25) is 77.1 Å². The largest absolute Gasteiger partial charge is 0.480 e. The van der Waals surface area contributed by atoms with Gasteiger partial charge in [0.1, 0.15) is 30.2 Å². The topological polar surface area (TPSA) is 428 Å². The molecule has 3 rings (SSSR count). The summed E-state index contributed by atoms with van der Waals surface area (Å²) in [6.07, 6.45) is 2.73. The molecule has 0 aromatic heterocycles. The first kappa shape index (κ1) is 85.5. The van der Waals surface area contributed by atoms with Gasteiger partial charge in [0.25, 0.3) is 0 Å². The third kappa shape index (κ3) is 39.2. The van der Waals surface area contributed by atoms with Crippen LogP contribution in [0.3, 0.4) is 0 Å². The van der Waals surface area contributed by atoms with Crippen LogP contribution < -0.4 is 48.3 Å². The van der Waals surface area contributed by atoms with Gasteiger partial charge < -0.3 is 77.8 Å². The number of ether oxygens (including phenoxy) is 3. The predicted molar refractivity (Wildman–Crippen MR) is 369 cm³/mol. The second-order valence-electron chi connectivity index (χ2n) is 24.9. The van der Waals surface area contributed by atoms with E-state index in [-0.39, 0.29) is 165 Å². The van der Waals surface area contributed by atoms with Crippen LogP contribution in [0.15, 0.2) is 24.3 Å². The molecule has 9 amide bonds. The number of thioether (sulfide) groups is 2. The molecule has 0 spiro atoms. The van der Waals surface area contributed by atoms with Crippen LogP contribution in [0.5, 0.6) is 0 Å². The first-order chi connectivity index (χ1) is 46.8. The first-order valence-electron chi connectivity index (χ1n) is 33.9. The van der Waals surface area contributed by atoms with Crippen molar-refractivity contribution in [2.75, 3.05) is 149 Å². The molecular weight excluding hydrogens is 1310 g/mol. The lowest BCUT2D eigenvalue weighted by atomic mass is 9.96. The van der Waals surface area contributed by atoms with Gasteiger partial charge in [0.05, 0.1) is 52.6 Å². The average molecular weight is 1420 g/mol. The number of carbonyl (C=O) groups is 12. The smallest absolute Gasteiger partial charge is 0.317 e. The summed E-state index contributed by atoms with van der Waals surface area (Å²) in [6, 6.07) is 3.20. The lowest BCUT2D eigenvalue weighted by Crippen LogP contribution is -2.60. The van der Waals surface area contributed by atoms with E-state index in [1.807, 2.05) is 45.9 Å². The fourth-order valence-corrected chi connectivity index (χ4v) is 12.2. The van der Waals surface area contributed by atoms with E-state index in [1.165, 1.54) is 11.8 Å². The lowest BCUT2D eigenvalue weighted by Gasteiger charge is -2.32. The molecule has 0 saturated carbocycles. The molecule has 1 aromatic carbocycles. The number of carboxylic acids is 3. The Hall–Kier alpha value is -6.72. The van der Waals surface area contributed by atoms with Crippen LogP contribution in [0.25, 0.3) is 0 Å². The van der Waals surface area contributed by atoms with Crippen molar-refractivity contribution >= 4 is 94.6 Å². The van der Waals surface area contributed by atoms with Crippen LogP contribution in [0.2, 0.25) is 0 Å². The van der Waals surface area contributed by atoms with E-state index in [9.17, 15) is 72.9 Å². The molecule has 1 saturated heterocycles. The second kappa shape index (κ2) is 49.7. The SMILES string of the molecule is CC[C@H](C)[C@@H]1NC(=O)[C@H](CC(C)C)NC(=O)[C@H](C)NC(=O)CCSCc2cccc(c2)CSC[C@@H](C(=O)NCCCOCCOCCOCCCNC(=O)CCC(=O)N[C@@H](CCCCNC(=O)CN2CCN(CC(=O)O)CCN(CC(=O)O)CCN(CC(=O)O)CC2)C(N)=O)NC1=O. The lowest BCUT2D eigenvalue weighted by molar-refractivity contribution is -0.140. The molecule has 1 aromatic rings. The zero-order valence-electron chi connectivity index (χ0n) is 57.7. The molecule has 554 valence electrons. The van der Waals surface area contributed by atoms with Crippen molar-refractivity contribution in [3.63, 3.8) is 0 Å². The molecule has 98 heavy (non-hydrogen) atoms. The summed E-state index contributed by atoms with van der Waals surface area (Å²) >= 11 is 3.08. The highest BCUT2D eigenvalue weighted by molar-refractivity contribution is 7.98. The highest BCUT2D eigenvalue weighted by atomic mass is 32.2. The molecule has 2 aliphatic rings. The fraction of sp³-hybridized carbons (Fsp3) is 0.723. The Kier molecular flexibility index (Phi) is 43.4. The number of hydrogen-bond acceptors (Lipinski definition) is 21. The molecule has 0 radical (unpaired) electrons. The maximum atomic E-state index is 14.1. The molecule has 33 heteroatoms. The minimum atomic E-state index is -1.06. The molecule has 13 N–H and O–H groups in total. The minimum absolute atomic E-state index is 0.00289. The van der Waals surface area contributed by atoms with Gasteiger partial charge in [-0.15, -0.1) is 0 Å². The average Bonchev–Trinajstić information content (AvgIpc) is 1.03. The number of aliphatic carboxylic acids is 3. The maximum absolute atomic E-state index is 14.1. The van der Waals surface area contributed by atoms with Gasteiger partial charge in [0, 0.05) is 127 Å². The number of rotatable bonds is 37. The van der Waals surface area contributed by atoms with E-state index in [2.05, 4.69) is 48.6 Å². The van der Waals surface area contributed by atoms with Crippen molar-refractivity contribution in [3.05, 3.63) is 35.4 Å². The molecule has 0 aliphatic carbocycles. The van der Waals surface area contributed by atoms with Crippen molar-refractivity contribution in [2.24, 2.45) is 17.6 Å². The number of fused-ring (bicyclic) bond motifs is 2. The van der Waals surface area contributed by atoms with Crippen molar-refractivity contribution in [2.45, 2.75) is 141 Å². The summed E-state index contributed by atoms with van der Waals surface area (Å²) in [5.41, 5.74) is 7.68. The van der Waals surface area contributed by atoms with E-state index < -0.39 is 77.7 Å². The predicted octanol–water partition coefficient (Wildman–Crippen LogP) is -0.817. The number of nitrogens with two attached hydrogens (primary N) is 1. The van der Waals surface area contributed by atoms with E-state index in [1.54, 1.807) is 38.3 Å². The number of amides is 9. The van der Waals surface area contributed by atoms with Crippen LogP contribution in [0.1, 0.15) is 110 Å². The van der Waals surface area contributed by atoms with E-state index in [0.717, 1.165) is 11.1 Å². The molecule has 0 unspecified atom stereocenters. The van der Waals surface area contributed by atoms with E-state index >= 15 is 0 Å². The van der Waals surface area contributed by atoms with Crippen LogP contribution in [0.4, 0.5) is 0 Å². The molecule has 6 atom stereocenters. The molecule has 1 fully saturated rings. The third-order valence-electron chi connectivity index (χ3n) is 16.0. The zero-order chi connectivity index (χ0) is 72.2. The van der Waals surface area contributed by atoms with Gasteiger partial charge >= 0.3 is 17.9 Å². The Morgan fingerprint density at radius 2 is 1.10 bits per heavy atom. The van der Waals surface area contributed by atoms with Crippen LogP contribution >= 0.6 is 23.5 Å². The Labute approximate surface area is 584 Å². The van der Waals surface area contributed by atoms with Gasteiger partial charge in [-0.05, 0) is 68.4 Å². The van der Waals surface area contributed by atoms with Crippen LogP contribution in [-0.4, -0.2) is 286 Å². The standard InChI is InChI=1S/C65H109N13O18S2/c1-6-46(4)60-65(93)73-52(44-98-43-49-13-9-12-48(37-49)42-97-35-17-55(81)70-47(5)62(90)72-51(36-45(2)3)64(92)74-60)63(91)69-20-11-30-95-32-34-96-33-31-94-29-10-19-67-53(79)15-16-54(80)71-50(61(66)89)14-7-8-18-68-56(82)38-75-21-23-76(39-57(83)84)25-27-78(41-59(87)88)28-26-77(24-22-75)40-58(85)86/h9,12-13,37,45-47,50-52,60H,6-8,10-11,14-36,38-44H2,1-5H3,(H2,66,89)(H,67,79)(H,68,82)(H,69,91)(H,70,81)(H,71,80)(H,72,90)(H,73,93)(H,74,92)(H,83,84)(H,85,86)(H,87,88)/t46-,47-,50-,51-,52-,60-/m0/s1. The molecular formula is C65H109N13O18S2. The van der Waals surface area contributed by atoms with E-state index in [0.29, 0.717) is 95.5 Å². The Morgan fingerprint density at radius 1 is 0.602 bits per heavy atom. The summed E-state index contributed by atoms with van der Waals surface area (Å²) in [4.78, 5) is 160. The van der Waals surface area contributed by atoms with E-state index in [4.69, 9.17) is 19.9 Å². The number of unbranched alkanes of at least 4 members (excludes halogenated alkanes) is 1. The Bertz CT molecular complexity index is 2640. The van der Waals surface area contributed by atoms with Gasteiger partial charge in [0.2, 0.25) is 53.2 Å². The van der Waals surface area contributed by atoms with Gasteiger partial charge in [-0.25, -0.2) is 0 Å². The Balaban J connectivity index is 1.32. The van der Waals surface area contributed by atoms with Gasteiger partial charge in [-0.2, -0.15) is 23.5 Å². The quantitative estimate of drug-likeness (QED) is 0.0362. The zero-order valence-corrected chi connectivity index (χ0v) is 59.4. The number of carbonyl (C=O) groups excluding carboxylic acids is 9. The summed E-state index contributed by atoms with van der Waals surface area (Å²) in [5, 5.41) is 50.7. The highest BCUT2D eigenvalue weighted by Gasteiger charge is 2.34. The Morgan fingerprint density at radius 3 is 1.63 bits per heavy atom. The summed E-state index contributed by atoms with van der Waals surface area (Å²) in [7, 11) is 0. The minimum Gasteiger partial charge on any atom is -0.480 e. The maximum Gasteiger partial charge on any atom is 0.317 e. The summed E-state index contributed by atoms with van der Waals surface area (Å²) in [5.74, 6) is -5.72. The normalized spacial score (nSPS) is 19.8. The highest BCUT2D eigenvalue weighted by Crippen LogP contribution is 2.20. The van der Waals surface area contributed by atoms with Crippen molar-refractivity contribution in [1.29, 1.82) is 0 Å². The molecule has 31 nitrogen and oxygen atoms in total. The molecule has 2 aliphatic heterocycles. The number of hydrogen-bond donors (Lipinski definition) is 12. The van der Waals surface area contributed by atoms with Crippen LogP contribution in [-0.2, 0) is 83.3 Å². The molecule has 2 heterocycles. The monoisotopic (exact) mass is 1420 g/mol. The van der Waals surface area contributed by atoms with Crippen molar-refractivity contribution in [3.8, 4) is 0 Å². The number of carboxylic acid groups (broad SMARTS) is 3. The number of benzene rings is 1. The van der Waals surface area contributed by atoms with Crippen molar-refractivity contribution < 1.29 is 87.1 Å². The number of nitrogens with zero attached hydrogens (tertiary/aromatic N) is 4. The fourth-order valence-electron chi connectivity index (χ4n) is 10.3. The summed E-state index contributed by atoms with van der Waals surface area (Å²) in [6.45, 7) is 12.9. The number of primary amides is 1. The van der Waals surface area contributed by atoms with Crippen LogP contribution in [0, 0.1) is 11.8 Å². The van der Waals surface area contributed by atoms with Gasteiger partial charge in [-0.1, -0.05) is 58.4 Å². The van der Waals surface area contributed by atoms with Crippen molar-refractivity contribution in [1.82, 2.24) is 62.1 Å². The number of nitrogens with one attached hydrogen (secondary N) is 8. The molecule has 2 bridgehead atoms. The third-order valence-corrected chi connectivity index (χ3v) is 18.1. The first-order valence-corrected chi connectivity index (χ1v) is 36.2. The summed E-state index contributed by atoms with van der Waals surface area (Å²) < 4.78 is 16.9. The second-order valence-corrected chi connectivity index (χ2v) is 27.0.